The van der Waals surface area contributed by atoms with E-state index >= 15 is 0 Å². The lowest BCUT2D eigenvalue weighted by atomic mass is 10.0. The number of benzene rings is 1. The summed E-state index contributed by atoms with van der Waals surface area (Å²) in [4.78, 5) is 0. The van der Waals surface area contributed by atoms with Gasteiger partial charge < -0.3 is 5.32 Å². The molecule has 1 N–H and O–H groups in total. The van der Waals surface area contributed by atoms with Crippen molar-refractivity contribution < 1.29 is 0 Å². The van der Waals surface area contributed by atoms with E-state index in [1.165, 1.54) is 16.7 Å². The van der Waals surface area contributed by atoms with Crippen LogP contribution >= 0.6 is 0 Å². The molecule has 0 aliphatic rings. The van der Waals surface area contributed by atoms with E-state index in [1.807, 2.05) is 10.9 Å². The summed E-state index contributed by atoms with van der Waals surface area (Å²) in [5.74, 6) is 0. The molecule has 0 aliphatic heterocycles. The van der Waals surface area contributed by atoms with Crippen LogP contribution in [0, 0.1) is 6.92 Å². The Morgan fingerprint density at radius 3 is 2.55 bits per heavy atom. The van der Waals surface area contributed by atoms with Gasteiger partial charge in [-0.25, -0.2) is 0 Å². The lowest BCUT2D eigenvalue weighted by Crippen LogP contribution is -2.23. The van der Waals surface area contributed by atoms with Crippen molar-refractivity contribution in [2.45, 2.75) is 46.2 Å². The maximum Gasteiger partial charge on any atom is 0.0537 e. The Hall–Kier alpha value is -1.61. The number of nitrogens with one attached hydrogen (secondary N) is 1. The summed E-state index contributed by atoms with van der Waals surface area (Å²) < 4.78 is 1.99. The van der Waals surface area contributed by atoms with Crippen molar-refractivity contribution in [3.05, 3.63) is 53.3 Å². The van der Waals surface area contributed by atoms with Gasteiger partial charge in [-0.2, -0.15) is 5.10 Å². The first-order chi connectivity index (χ1) is 9.72. The van der Waals surface area contributed by atoms with Gasteiger partial charge in [0.1, 0.15) is 0 Å². The average Bonchev–Trinajstić information content (AvgIpc) is 2.94. The highest BCUT2D eigenvalue weighted by Crippen LogP contribution is 2.18. The highest BCUT2D eigenvalue weighted by molar-refractivity contribution is 5.24. The number of aryl methyl sites for hydroxylation is 2. The molecule has 0 amide bonds. The highest BCUT2D eigenvalue weighted by Gasteiger charge is 2.13. The van der Waals surface area contributed by atoms with Crippen molar-refractivity contribution in [2.75, 3.05) is 6.54 Å². The number of nitrogens with zero attached hydrogens (tertiary/aromatic N) is 2. The van der Waals surface area contributed by atoms with Crippen LogP contribution < -0.4 is 5.32 Å². The minimum absolute atomic E-state index is 0.345. The van der Waals surface area contributed by atoms with Crippen molar-refractivity contribution in [3.8, 4) is 0 Å². The number of hydrogen-bond acceptors (Lipinski definition) is 2. The van der Waals surface area contributed by atoms with Gasteiger partial charge >= 0.3 is 0 Å². The zero-order valence-corrected chi connectivity index (χ0v) is 12.8. The van der Waals surface area contributed by atoms with E-state index in [4.69, 9.17) is 0 Å². The van der Waals surface area contributed by atoms with Gasteiger partial charge in [0, 0.05) is 24.3 Å². The van der Waals surface area contributed by atoms with Crippen LogP contribution in [-0.2, 0) is 13.0 Å². The molecule has 0 fully saturated rings. The van der Waals surface area contributed by atoms with E-state index in [0.29, 0.717) is 6.04 Å². The van der Waals surface area contributed by atoms with Crippen molar-refractivity contribution in [1.29, 1.82) is 0 Å². The second-order valence-corrected chi connectivity index (χ2v) is 5.33. The Morgan fingerprint density at radius 1 is 1.20 bits per heavy atom. The summed E-state index contributed by atoms with van der Waals surface area (Å²) in [6, 6.07) is 9.15. The van der Waals surface area contributed by atoms with Gasteiger partial charge in [0.2, 0.25) is 0 Å². The molecule has 1 aromatic heterocycles. The molecule has 0 spiro atoms. The highest BCUT2D eigenvalue weighted by atomic mass is 15.3. The van der Waals surface area contributed by atoms with Gasteiger partial charge in [0.15, 0.2) is 0 Å². The quantitative estimate of drug-likeness (QED) is 0.835. The molecule has 1 atom stereocenters. The predicted molar refractivity (Wildman–Crippen MR) is 83.8 cm³/mol. The van der Waals surface area contributed by atoms with Crippen LogP contribution in [-0.4, -0.2) is 16.3 Å². The Balaban J connectivity index is 2.12. The van der Waals surface area contributed by atoms with Crippen LogP contribution in [0.4, 0.5) is 0 Å². The van der Waals surface area contributed by atoms with E-state index in [0.717, 1.165) is 25.9 Å². The molecule has 2 aromatic rings. The smallest absolute Gasteiger partial charge is 0.0537 e. The molecule has 20 heavy (non-hydrogen) atoms. The largest absolute Gasteiger partial charge is 0.310 e. The Labute approximate surface area is 122 Å². The minimum Gasteiger partial charge on any atom is -0.310 e. The summed E-state index contributed by atoms with van der Waals surface area (Å²) in [6.07, 6.45) is 6.30. The van der Waals surface area contributed by atoms with Crippen LogP contribution in [0.1, 0.15) is 43.0 Å². The third-order valence-electron chi connectivity index (χ3n) is 3.58. The normalized spacial score (nSPS) is 12.6. The molecule has 0 radical (unpaired) electrons. The molecule has 3 nitrogen and oxygen atoms in total. The average molecular weight is 271 g/mol. The summed E-state index contributed by atoms with van der Waals surface area (Å²) in [7, 11) is 0. The second kappa shape index (κ2) is 7.25. The number of rotatable bonds is 7. The molecule has 0 bridgehead atoms. The van der Waals surface area contributed by atoms with Gasteiger partial charge in [-0.05, 0) is 38.8 Å². The number of hydrogen-bond donors (Lipinski definition) is 1. The fourth-order valence-corrected chi connectivity index (χ4v) is 2.32. The number of aromatic nitrogens is 2. The van der Waals surface area contributed by atoms with Crippen LogP contribution in [0.5, 0.6) is 0 Å². The third kappa shape index (κ3) is 3.94. The summed E-state index contributed by atoms with van der Waals surface area (Å²) >= 11 is 0. The molecule has 0 saturated heterocycles. The topological polar surface area (TPSA) is 29.9 Å². The van der Waals surface area contributed by atoms with E-state index in [1.54, 1.807) is 0 Å². The van der Waals surface area contributed by atoms with Crippen molar-refractivity contribution in [2.24, 2.45) is 0 Å². The van der Waals surface area contributed by atoms with Crippen molar-refractivity contribution in [1.82, 2.24) is 15.1 Å². The fourth-order valence-electron chi connectivity index (χ4n) is 2.32. The van der Waals surface area contributed by atoms with Gasteiger partial charge in [0.05, 0.1) is 6.20 Å². The molecular weight excluding hydrogens is 246 g/mol. The first-order valence-electron chi connectivity index (χ1n) is 7.54. The van der Waals surface area contributed by atoms with Gasteiger partial charge in [-0.1, -0.05) is 36.8 Å². The summed E-state index contributed by atoms with van der Waals surface area (Å²) in [5, 5.41) is 8.03. The third-order valence-corrected chi connectivity index (χ3v) is 3.58. The second-order valence-electron chi connectivity index (χ2n) is 5.33. The zero-order valence-electron chi connectivity index (χ0n) is 12.8. The lowest BCUT2D eigenvalue weighted by Gasteiger charge is -2.17. The molecule has 1 aromatic carbocycles. The summed E-state index contributed by atoms with van der Waals surface area (Å²) in [6.45, 7) is 8.40. The standard InChI is InChI=1S/C17H25N3/c1-4-10-18-17(16-12-19-20(5-2)13-16)11-15-8-6-14(3)7-9-15/h6-9,12-13,17-18H,4-5,10-11H2,1-3H3. The molecule has 108 valence electrons. The molecule has 3 heteroatoms. The first-order valence-corrected chi connectivity index (χ1v) is 7.54. The lowest BCUT2D eigenvalue weighted by molar-refractivity contribution is 0.528. The van der Waals surface area contributed by atoms with Gasteiger partial charge in [0.25, 0.3) is 0 Å². The molecule has 2 rings (SSSR count). The van der Waals surface area contributed by atoms with Crippen molar-refractivity contribution in [3.63, 3.8) is 0 Å². The van der Waals surface area contributed by atoms with Crippen molar-refractivity contribution >= 4 is 0 Å². The van der Waals surface area contributed by atoms with Crippen LogP contribution in [0.15, 0.2) is 36.7 Å². The Morgan fingerprint density at radius 2 is 1.95 bits per heavy atom. The van der Waals surface area contributed by atoms with E-state index in [9.17, 15) is 0 Å². The predicted octanol–water partition coefficient (Wildman–Crippen LogP) is 3.49. The SMILES string of the molecule is CCCNC(Cc1ccc(C)cc1)c1cnn(CC)c1. The zero-order chi connectivity index (χ0) is 14.4. The molecule has 0 saturated carbocycles. The molecule has 1 unspecified atom stereocenters. The maximum absolute atomic E-state index is 4.40. The molecule has 0 aliphatic carbocycles. The molecule has 1 heterocycles. The van der Waals surface area contributed by atoms with E-state index in [2.05, 4.69) is 61.6 Å². The van der Waals surface area contributed by atoms with Gasteiger partial charge in [-0.3, -0.25) is 4.68 Å². The summed E-state index contributed by atoms with van der Waals surface area (Å²) in [5.41, 5.74) is 3.96. The van der Waals surface area contributed by atoms with Gasteiger partial charge in [-0.15, -0.1) is 0 Å². The van der Waals surface area contributed by atoms with Crippen LogP contribution in [0.3, 0.4) is 0 Å². The Kier molecular flexibility index (Phi) is 5.36. The maximum atomic E-state index is 4.40. The minimum atomic E-state index is 0.345. The van der Waals surface area contributed by atoms with Crippen LogP contribution in [0.25, 0.3) is 0 Å². The monoisotopic (exact) mass is 271 g/mol. The van der Waals surface area contributed by atoms with E-state index in [-0.39, 0.29) is 0 Å². The Bertz CT molecular complexity index is 513. The van der Waals surface area contributed by atoms with E-state index < -0.39 is 0 Å². The molecular formula is C17H25N3. The van der Waals surface area contributed by atoms with Crippen LogP contribution in [0.2, 0.25) is 0 Å². The first kappa shape index (κ1) is 14.8. The fraction of sp³-hybridized carbons (Fsp3) is 0.471.